The molecule has 0 bridgehead atoms. The van der Waals surface area contributed by atoms with Crippen molar-refractivity contribution < 1.29 is 17.9 Å². The number of carbonyl (C=O) groups is 1. The van der Waals surface area contributed by atoms with E-state index in [9.17, 15) is 13.2 Å². The Bertz CT molecular complexity index is 958. The molecule has 0 unspecified atom stereocenters. The van der Waals surface area contributed by atoms with Crippen LogP contribution in [0.5, 0.6) is 5.75 Å². The van der Waals surface area contributed by atoms with Gasteiger partial charge in [-0.25, -0.2) is 8.42 Å². The van der Waals surface area contributed by atoms with Gasteiger partial charge in [-0.2, -0.15) is 4.31 Å². The maximum Gasteiger partial charge on any atom is 0.246 e. The summed E-state index contributed by atoms with van der Waals surface area (Å²) in [5.74, 6) is 0.205. The highest BCUT2D eigenvalue weighted by atomic mass is 32.2. The van der Waals surface area contributed by atoms with Crippen LogP contribution in [0.15, 0.2) is 53.4 Å². The van der Waals surface area contributed by atoms with Gasteiger partial charge in [0.05, 0.1) is 13.2 Å². The van der Waals surface area contributed by atoms with Gasteiger partial charge < -0.3 is 15.4 Å². The molecule has 0 saturated carbocycles. The van der Waals surface area contributed by atoms with Gasteiger partial charge in [-0.3, -0.25) is 4.79 Å². The average Bonchev–Trinajstić information content (AvgIpc) is 3.33. The van der Waals surface area contributed by atoms with Crippen molar-refractivity contribution in [1.29, 1.82) is 0 Å². The van der Waals surface area contributed by atoms with Crippen molar-refractivity contribution in [2.24, 2.45) is 0 Å². The van der Waals surface area contributed by atoms with Crippen molar-refractivity contribution in [3.05, 3.63) is 54.1 Å². The quantitative estimate of drug-likeness (QED) is 0.519. The number of amides is 1. The molecule has 0 atom stereocenters. The van der Waals surface area contributed by atoms with Crippen molar-refractivity contribution >= 4 is 21.6 Å². The van der Waals surface area contributed by atoms with Crippen LogP contribution in [0.3, 0.4) is 0 Å². The highest BCUT2D eigenvalue weighted by Crippen LogP contribution is 2.31. The molecule has 2 aromatic rings. The summed E-state index contributed by atoms with van der Waals surface area (Å²) in [4.78, 5) is 12.3. The Hall–Kier alpha value is -2.58. The first kappa shape index (κ1) is 23.1. The van der Waals surface area contributed by atoms with Crippen LogP contribution >= 0.6 is 0 Å². The van der Waals surface area contributed by atoms with E-state index < -0.39 is 10.0 Å². The minimum Gasteiger partial charge on any atom is -0.492 e. The number of rotatable bonds is 11. The number of hydrogen-bond acceptors (Lipinski definition) is 5. The fraction of sp³-hybridized carbons (Fsp3) is 0.435. The van der Waals surface area contributed by atoms with Crippen molar-refractivity contribution in [2.75, 3.05) is 38.1 Å². The van der Waals surface area contributed by atoms with Gasteiger partial charge in [0.25, 0.3) is 0 Å². The molecule has 1 aliphatic rings. The molecule has 1 aliphatic heterocycles. The number of nitrogens with one attached hydrogen (secondary N) is 2. The third-order valence-electron chi connectivity index (χ3n) is 5.19. The van der Waals surface area contributed by atoms with Gasteiger partial charge in [-0.05, 0) is 56.4 Å². The van der Waals surface area contributed by atoms with Crippen LogP contribution in [0, 0.1) is 0 Å². The molecule has 8 heteroatoms. The normalized spacial score (nSPS) is 14.4. The molecule has 1 amide bonds. The molecule has 0 radical (unpaired) electrons. The molecule has 2 aromatic carbocycles. The lowest BCUT2D eigenvalue weighted by Crippen LogP contribution is -2.31. The second kappa shape index (κ2) is 11.2. The molecule has 7 nitrogen and oxygen atoms in total. The Labute approximate surface area is 184 Å². The Kier molecular flexibility index (Phi) is 8.31. The Balaban J connectivity index is 1.55. The van der Waals surface area contributed by atoms with Gasteiger partial charge >= 0.3 is 0 Å². The van der Waals surface area contributed by atoms with E-state index in [1.54, 1.807) is 18.2 Å². The SMILES string of the molecule is CCOc1ccc(NCC(=O)NCCCc2ccccc2)cc1S(=O)(=O)N1CCCC1. The van der Waals surface area contributed by atoms with Crippen LogP contribution < -0.4 is 15.4 Å². The van der Waals surface area contributed by atoms with Gasteiger partial charge in [0.15, 0.2) is 0 Å². The van der Waals surface area contributed by atoms with Crippen molar-refractivity contribution in [2.45, 2.75) is 37.5 Å². The molecule has 0 aromatic heterocycles. The van der Waals surface area contributed by atoms with Gasteiger partial charge in [-0.1, -0.05) is 30.3 Å². The molecule has 1 heterocycles. The molecular weight excluding hydrogens is 414 g/mol. The van der Waals surface area contributed by atoms with Gasteiger partial charge in [0, 0.05) is 25.3 Å². The number of anilines is 1. The lowest BCUT2D eigenvalue weighted by atomic mass is 10.1. The van der Waals surface area contributed by atoms with Gasteiger partial charge in [0.2, 0.25) is 15.9 Å². The van der Waals surface area contributed by atoms with Crippen LogP contribution in [0.25, 0.3) is 0 Å². The number of nitrogens with zero attached hydrogens (tertiary/aromatic N) is 1. The maximum atomic E-state index is 13.1. The summed E-state index contributed by atoms with van der Waals surface area (Å²) in [5, 5.41) is 5.92. The minimum atomic E-state index is -3.63. The van der Waals surface area contributed by atoms with E-state index in [0.717, 1.165) is 25.7 Å². The van der Waals surface area contributed by atoms with E-state index >= 15 is 0 Å². The Morgan fingerprint density at radius 1 is 1.10 bits per heavy atom. The molecule has 0 spiro atoms. The van der Waals surface area contributed by atoms with Crippen LogP contribution in [-0.4, -0.2) is 51.4 Å². The third-order valence-corrected chi connectivity index (χ3v) is 7.11. The molecule has 1 saturated heterocycles. The van der Waals surface area contributed by atoms with Gasteiger partial charge in [-0.15, -0.1) is 0 Å². The van der Waals surface area contributed by atoms with Crippen LogP contribution in [0.1, 0.15) is 31.7 Å². The summed E-state index contributed by atoms with van der Waals surface area (Å²) in [5.41, 5.74) is 1.82. The second-order valence-electron chi connectivity index (χ2n) is 7.50. The summed E-state index contributed by atoms with van der Waals surface area (Å²) in [7, 11) is -3.63. The zero-order valence-electron chi connectivity index (χ0n) is 18.0. The summed E-state index contributed by atoms with van der Waals surface area (Å²) < 4.78 is 33.1. The van der Waals surface area contributed by atoms with Crippen LogP contribution in [0.2, 0.25) is 0 Å². The number of sulfonamides is 1. The smallest absolute Gasteiger partial charge is 0.246 e. The summed E-state index contributed by atoms with van der Waals surface area (Å²) in [6, 6.07) is 15.1. The van der Waals surface area contributed by atoms with Crippen molar-refractivity contribution in [1.82, 2.24) is 9.62 Å². The Morgan fingerprint density at radius 3 is 2.55 bits per heavy atom. The van der Waals surface area contributed by atoms with Crippen LogP contribution in [0.4, 0.5) is 5.69 Å². The zero-order valence-corrected chi connectivity index (χ0v) is 18.8. The Morgan fingerprint density at radius 2 is 1.84 bits per heavy atom. The predicted molar refractivity (Wildman–Crippen MR) is 122 cm³/mol. The lowest BCUT2D eigenvalue weighted by Gasteiger charge is -2.19. The largest absolute Gasteiger partial charge is 0.492 e. The number of aryl methyl sites for hydroxylation is 1. The number of ether oxygens (including phenoxy) is 1. The topological polar surface area (TPSA) is 87.7 Å². The summed E-state index contributed by atoms with van der Waals surface area (Å²) in [6.45, 7) is 3.91. The average molecular weight is 446 g/mol. The number of benzene rings is 2. The zero-order chi connectivity index (χ0) is 22.1. The van der Waals surface area contributed by atoms with E-state index in [4.69, 9.17) is 4.74 Å². The molecule has 3 rings (SSSR count). The monoisotopic (exact) mass is 445 g/mol. The fourth-order valence-corrected chi connectivity index (χ4v) is 5.25. The number of carbonyl (C=O) groups excluding carboxylic acids is 1. The van der Waals surface area contributed by atoms with E-state index in [2.05, 4.69) is 22.8 Å². The summed E-state index contributed by atoms with van der Waals surface area (Å²) in [6.07, 6.45) is 3.50. The second-order valence-corrected chi connectivity index (χ2v) is 9.40. The fourth-order valence-electron chi connectivity index (χ4n) is 3.57. The molecule has 2 N–H and O–H groups in total. The van der Waals surface area contributed by atoms with E-state index in [1.165, 1.54) is 9.87 Å². The van der Waals surface area contributed by atoms with Gasteiger partial charge in [0.1, 0.15) is 10.6 Å². The standard InChI is InChI=1S/C23H31N3O4S/c1-2-30-21-13-12-20(17-22(21)31(28,29)26-15-6-7-16-26)25-18-23(27)24-14-8-11-19-9-4-3-5-10-19/h3-5,9-10,12-13,17,25H,2,6-8,11,14-16,18H2,1H3,(H,24,27). The van der Waals surface area contributed by atoms with E-state index in [1.807, 2.05) is 25.1 Å². The molecular formula is C23H31N3O4S. The summed E-state index contributed by atoms with van der Waals surface area (Å²) >= 11 is 0. The maximum absolute atomic E-state index is 13.1. The third kappa shape index (κ3) is 6.45. The molecule has 168 valence electrons. The first-order chi connectivity index (χ1) is 15.0. The first-order valence-electron chi connectivity index (χ1n) is 10.8. The van der Waals surface area contributed by atoms with E-state index in [0.29, 0.717) is 37.7 Å². The first-order valence-corrected chi connectivity index (χ1v) is 12.3. The van der Waals surface area contributed by atoms with Crippen LogP contribution in [-0.2, 0) is 21.2 Å². The molecule has 0 aliphatic carbocycles. The van der Waals surface area contributed by atoms with Crippen molar-refractivity contribution in [3.8, 4) is 5.75 Å². The highest BCUT2D eigenvalue weighted by molar-refractivity contribution is 7.89. The predicted octanol–water partition coefficient (Wildman–Crippen LogP) is 3.03. The minimum absolute atomic E-state index is 0.0719. The van der Waals surface area contributed by atoms with E-state index in [-0.39, 0.29) is 17.3 Å². The molecule has 1 fully saturated rings. The van der Waals surface area contributed by atoms with Crippen molar-refractivity contribution in [3.63, 3.8) is 0 Å². The number of hydrogen-bond donors (Lipinski definition) is 2. The molecule has 31 heavy (non-hydrogen) atoms. The lowest BCUT2D eigenvalue weighted by molar-refractivity contribution is -0.119. The highest BCUT2D eigenvalue weighted by Gasteiger charge is 2.30.